The molecular weight excluding hydrogens is 330 g/mol. The van der Waals surface area contributed by atoms with E-state index in [2.05, 4.69) is 5.10 Å². The van der Waals surface area contributed by atoms with Crippen molar-refractivity contribution >= 4 is 16.0 Å². The fraction of sp³-hybridized carbons (Fsp3) is 0.375. The Labute approximate surface area is 139 Å². The van der Waals surface area contributed by atoms with Gasteiger partial charge in [-0.1, -0.05) is 30.3 Å². The summed E-state index contributed by atoms with van der Waals surface area (Å²) < 4.78 is 29.0. The number of carboxylic acids is 1. The van der Waals surface area contributed by atoms with Crippen LogP contribution in [-0.4, -0.2) is 45.7 Å². The maximum Gasteiger partial charge on any atom is 0.325 e. The molecule has 2 aromatic rings. The van der Waals surface area contributed by atoms with E-state index < -0.39 is 21.5 Å². The number of carbonyl (C=O) groups is 1. The van der Waals surface area contributed by atoms with Crippen LogP contribution in [0.5, 0.6) is 0 Å². The van der Waals surface area contributed by atoms with Crippen molar-refractivity contribution in [1.29, 1.82) is 0 Å². The summed E-state index contributed by atoms with van der Waals surface area (Å²) in [5.74, 6) is -0.933. The van der Waals surface area contributed by atoms with Crippen LogP contribution >= 0.6 is 0 Å². The third kappa shape index (κ3) is 1.96. The Kier molecular flexibility index (Phi) is 3.14. The Morgan fingerprint density at radius 1 is 1.29 bits per heavy atom. The van der Waals surface area contributed by atoms with Gasteiger partial charge in [0, 0.05) is 25.4 Å². The lowest BCUT2D eigenvalue weighted by Crippen LogP contribution is -2.54. The molecule has 8 heteroatoms. The highest BCUT2D eigenvalue weighted by Crippen LogP contribution is 2.53. The average molecular weight is 347 g/mol. The van der Waals surface area contributed by atoms with E-state index in [1.807, 2.05) is 18.2 Å². The topological polar surface area (TPSA) is 92.5 Å². The van der Waals surface area contributed by atoms with Crippen LogP contribution in [-0.2, 0) is 21.9 Å². The summed E-state index contributed by atoms with van der Waals surface area (Å²) in [6.45, 7) is 0.262. The number of benzene rings is 1. The third-order valence-corrected chi connectivity index (χ3v) is 6.90. The van der Waals surface area contributed by atoms with Crippen molar-refractivity contribution in [3.8, 4) is 11.3 Å². The minimum atomic E-state index is -3.94. The molecule has 2 bridgehead atoms. The molecule has 2 aliphatic heterocycles. The first-order valence-electron chi connectivity index (χ1n) is 7.70. The van der Waals surface area contributed by atoms with Gasteiger partial charge in [0.25, 0.3) is 0 Å². The maximum atomic E-state index is 13.2. The van der Waals surface area contributed by atoms with Gasteiger partial charge in [-0.05, 0) is 18.8 Å². The lowest BCUT2D eigenvalue weighted by Gasteiger charge is -2.37. The van der Waals surface area contributed by atoms with E-state index in [0.29, 0.717) is 24.1 Å². The number of carboxylic acid groups (broad SMARTS) is 1. The Hall–Kier alpha value is -2.19. The summed E-state index contributed by atoms with van der Waals surface area (Å²) in [7, 11) is -2.28. The number of sulfonamides is 1. The highest BCUT2D eigenvalue weighted by atomic mass is 32.2. The molecule has 1 aromatic carbocycles. The van der Waals surface area contributed by atoms with Crippen LogP contribution in [0.25, 0.3) is 11.3 Å². The molecule has 0 radical (unpaired) electrons. The van der Waals surface area contributed by atoms with Crippen LogP contribution in [0.2, 0.25) is 0 Å². The van der Waals surface area contributed by atoms with Crippen molar-refractivity contribution in [3.05, 3.63) is 36.5 Å². The number of rotatable bonds is 4. The predicted octanol–water partition coefficient (Wildman–Crippen LogP) is 1.32. The van der Waals surface area contributed by atoms with E-state index in [0.717, 1.165) is 4.31 Å². The Morgan fingerprint density at radius 3 is 2.58 bits per heavy atom. The molecule has 1 aromatic heterocycles. The normalized spacial score (nSPS) is 26.3. The fourth-order valence-corrected chi connectivity index (χ4v) is 5.84. The molecule has 3 fully saturated rings. The van der Waals surface area contributed by atoms with Gasteiger partial charge >= 0.3 is 5.97 Å². The monoisotopic (exact) mass is 347 g/mol. The molecule has 1 aliphatic carbocycles. The molecule has 1 saturated carbocycles. The molecule has 1 N–H and O–H groups in total. The lowest BCUT2D eigenvalue weighted by atomic mass is 9.74. The van der Waals surface area contributed by atoms with E-state index in [1.165, 1.54) is 10.9 Å². The second kappa shape index (κ2) is 4.90. The van der Waals surface area contributed by atoms with Gasteiger partial charge in [0.2, 0.25) is 10.0 Å². The molecule has 2 saturated heterocycles. The van der Waals surface area contributed by atoms with Crippen LogP contribution in [0.3, 0.4) is 0 Å². The number of nitrogens with zero attached hydrogens (tertiary/aromatic N) is 3. The number of fused-ring (bicyclic) bond motifs is 1. The summed E-state index contributed by atoms with van der Waals surface area (Å²) in [6, 6.07) is 9.05. The van der Waals surface area contributed by atoms with Crippen molar-refractivity contribution in [2.75, 3.05) is 6.54 Å². The van der Waals surface area contributed by atoms with E-state index in [4.69, 9.17) is 0 Å². The molecule has 24 heavy (non-hydrogen) atoms. The highest BCUT2D eigenvalue weighted by molar-refractivity contribution is 7.89. The fourth-order valence-electron chi connectivity index (χ4n) is 3.82. The summed E-state index contributed by atoms with van der Waals surface area (Å²) >= 11 is 0. The number of aromatic nitrogens is 2. The van der Waals surface area contributed by atoms with E-state index in [1.54, 1.807) is 19.2 Å². The third-order valence-electron chi connectivity index (χ3n) is 4.96. The van der Waals surface area contributed by atoms with Gasteiger partial charge in [-0.3, -0.25) is 9.48 Å². The van der Waals surface area contributed by atoms with Crippen molar-refractivity contribution in [2.45, 2.75) is 23.3 Å². The minimum absolute atomic E-state index is 0.0596. The zero-order chi connectivity index (χ0) is 17.1. The molecular formula is C16H17N3O4S. The first-order valence-corrected chi connectivity index (χ1v) is 9.14. The minimum Gasteiger partial charge on any atom is -0.480 e. The van der Waals surface area contributed by atoms with Gasteiger partial charge < -0.3 is 5.11 Å². The van der Waals surface area contributed by atoms with Crippen molar-refractivity contribution in [3.63, 3.8) is 0 Å². The van der Waals surface area contributed by atoms with Crippen molar-refractivity contribution in [2.24, 2.45) is 13.0 Å². The van der Waals surface area contributed by atoms with Gasteiger partial charge in [0.15, 0.2) is 0 Å². The largest absolute Gasteiger partial charge is 0.480 e. The number of aryl methyl sites for hydroxylation is 1. The average Bonchev–Trinajstić information content (AvgIpc) is 3.18. The molecule has 0 spiro atoms. The molecule has 3 aliphatic rings. The SMILES string of the molecule is Cn1cc(S(=O)(=O)N2CC3CC2(C(=O)O)C3)c(-c2ccccc2)n1. The van der Waals surface area contributed by atoms with E-state index in [9.17, 15) is 18.3 Å². The molecule has 3 heterocycles. The van der Waals surface area contributed by atoms with Gasteiger partial charge in [0.1, 0.15) is 16.1 Å². The van der Waals surface area contributed by atoms with Crippen LogP contribution in [0.4, 0.5) is 0 Å². The Balaban J connectivity index is 1.84. The summed E-state index contributed by atoms with van der Waals surface area (Å²) in [5.41, 5.74) is -0.247. The summed E-state index contributed by atoms with van der Waals surface area (Å²) in [5, 5.41) is 13.8. The highest BCUT2D eigenvalue weighted by Gasteiger charge is 2.65. The van der Waals surface area contributed by atoms with Crippen LogP contribution < -0.4 is 0 Å². The number of hydrogen-bond acceptors (Lipinski definition) is 4. The Morgan fingerprint density at radius 2 is 1.96 bits per heavy atom. The first kappa shape index (κ1) is 15.3. The van der Waals surface area contributed by atoms with Gasteiger partial charge in [0.05, 0.1) is 0 Å². The summed E-state index contributed by atoms with van der Waals surface area (Å²) in [4.78, 5) is 11.7. The van der Waals surface area contributed by atoms with Crippen LogP contribution in [0.15, 0.2) is 41.4 Å². The molecule has 126 valence electrons. The lowest BCUT2D eigenvalue weighted by molar-refractivity contribution is -0.150. The van der Waals surface area contributed by atoms with Gasteiger partial charge in [-0.2, -0.15) is 9.40 Å². The smallest absolute Gasteiger partial charge is 0.325 e. The molecule has 7 nitrogen and oxygen atoms in total. The number of aliphatic carboxylic acids is 1. The maximum absolute atomic E-state index is 13.2. The van der Waals surface area contributed by atoms with Crippen LogP contribution in [0, 0.1) is 5.92 Å². The van der Waals surface area contributed by atoms with Gasteiger partial charge in [-0.15, -0.1) is 0 Å². The molecule has 0 atom stereocenters. The zero-order valence-electron chi connectivity index (χ0n) is 13.1. The predicted molar refractivity (Wildman–Crippen MR) is 85.6 cm³/mol. The van der Waals surface area contributed by atoms with E-state index in [-0.39, 0.29) is 17.4 Å². The second-order valence-electron chi connectivity index (χ2n) is 6.53. The number of hydrogen-bond donors (Lipinski definition) is 1. The quantitative estimate of drug-likeness (QED) is 0.900. The van der Waals surface area contributed by atoms with Crippen molar-refractivity contribution in [1.82, 2.24) is 14.1 Å². The van der Waals surface area contributed by atoms with Crippen molar-refractivity contribution < 1.29 is 18.3 Å². The Bertz CT molecular complexity index is 914. The van der Waals surface area contributed by atoms with E-state index >= 15 is 0 Å². The zero-order valence-corrected chi connectivity index (χ0v) is 13.9. The molecule has 0 amide bonds. The second-order valence-corrected chi connectivity index (χ2v) is 8.36. The molecule has 0 unspecified atom stereocenters. The van der Waals surface area contributed by atoms with Crippen LogP contribution in [0.1, 0.15) is 12.8 Å². The standard InChI is InChI=1S/C16H17N3O4S/c1-18-10-13(14(17-18)12-5-3-2-4-6-12)24(22,23)19-9-11-7-16(19,8-11)15(20)21/h2-6,10-11H,7-9H2,1H3,(H,20,21). The van der Waals surface area contributed by atoms with Gasteiger partial charge in [-0.25, -0.2) is 8.42 Å². The first-order chi connectivity index (χ1) is 11.3. The summed E-state index contributed by atoms with van der Waals surface area (Å²) in [6.07, 6.45) is 2.23. The molecule has 5 rings (SSSR count).